The van der Waals surface area contributed by atoms with Crippen LogP contribution in [0, 0.1) is 0 Å². The Morgan fingerprint density at radius 1 is 0.345 bits per heavy atom. The first-order chi connectivity index (χ1) is 33.5. The fourth-order valence-electron chi connectivity index (χ4n) is 6.96. The zero-order valence-electron chi connectivity index (χ0n) is 43.5. The molecular weight excluding hydrogens is 671 g/mol. The minimum absolute atomic E-state index is 0.0668. The van der Waals surface area contributed by atoms with E-state index in [4.69, 9.17) is 31.7 Å². The number of aromatic nitrogens is 3. The second-order valence-corrected chi connectivity index (χ2v) is 12.8. The molecule has 0 spiro atoms. The molecule has 0 atom stereocenters. The molecule has 0 aliphatic carbocycles. The molecule has 0 fully saturated rings. The molecule has 0 N–H and O–H groups in total. The molecule has 0 bridgehead atoms. The van der Waals surface area contributed by atoms with Crippen LogP contribution in [0.4, 0.5) is 0 Å². The van der Waals surface area contributed by atoms with Gasteiger partial charge >= 0.3 is 0 Å². The average molecular weight is 717 g/mol. The average Bonchev–Trinajstić information content (AvgIpc) is 3.76. The Bertz CT molecular complexity index is 4080. The van der Waals surface area contributed by atoms with Gasteiger partial charge < -0.3 is 4.42 Å². The van der Waals surface area contributed by atoms with Gasteiger partial charge in [0.2, 0.25) is 0 Å². The number of para-hydroxylation sites is 2. The molecule has 0 unspecified atom stereocenters. The second-order valence-electron chi connectivity index (χ2n) is 12.8. The zero-order valence-corrected chi connectivity index (χ0v) is 28.5. The van der Waals surface area contributed by atoms with Crippen LogP contribution in [0.2, 0.25) is 0 Å². The third-order valence-electron chi connectivity index (χ3n) is 9.57. The Balaban J connectivity index is 1.23. The number of hydrogen-bond acceptors (Lipinski definition) is 4. The van der Waals surface area contributed by atoms with E-state index in [1.165, 1.54) is 0 Å². The number of fused-ring (bicyclic) bond motifs is 9. The van der Waals surface area contributed by atoms with Crippen LogP contribution in [-0.4, -0.2) is 15.0 Å². The molecule has 11 aromatic rings. The predicted octanol–water partition coefficient (Wildman–Crippen LogP) is 13.6. The van der Waals surface area contributed by atoms with Crippen molar-refractivity contribution in [3.05, 3.63) is 188 Å². The molecule has 2 heterocycles. The molecule has 0 amide bonds. The molecule has 55 heavy (non-hydrogen) atoms. The molecule has 0 saturated heterocycles. The van der Waals surface area contributed by atoms with Gasteiger partial charge in [-0.2, -0.15) is 0 Å². The van der Waals surface area contributed by atoms with E-state index in [0.717, 1.165) is 21.9 Å². The zero-order chi connectivity index (χ0) is 49.3. The first kappa shape index (κ1) is 19.6. The summed E-state index contributed by atoms with van der Waals surface area (Å²) in [6, 6.07) is 19.3. The van der Waals surface area contributed by atoms with Gasteiger partial charge in [-0.05, 0) is 78.8 Å². The summed E-state index contributed by atoms with van der Waals surface area (Å²) < 4.78 is 143. The summed E-state index contributed by atoms with van der Waals surface area (Å²) in [5.41, 5.74) is 2.33. The second kappa shape index (κ2) is 12.6. The van der Waals surface area contributed by atoms with Crippen molar-refractivity contribution >= 4 is 54.3 Å². The van der Waals surface area contributed by atoms with Gasteiger partial charge in [-0.1, -0.05) is 163 Å². The van der Waals surface area contributed by atoms with Crippen LogP contribution in [0.5, 0.6) is 0 Å². The van der Waals surface area contributed by atoms with Crippen LogP contribution in [0.1, 0.15) is 20.6 Å². The van der Waals surface area contributed by atoms with Crippen molar-refractivity contribution in [2.45, 2.75) is 0 Å². The van der Waals surface area contributed by atoms with Gasteiger partial charge in [0, 0.05) is 21.9 Å². The number of rotatable bonds is 5. The quantitative estimate of drug-likeness (QED) is 0.166. The summed E-state index contributed by atoms with van der Waals surface area (Å²) in [6.07, 6.45) is 0. The van der Waals surface area contributed by atoms with E-state index in [1.54, 1.807) is 24.3 Å². The Kier molecular flexibility index (Phi) is 4.49. The maximum Gasteiger partial charge on any atom is 0.167 e. The summed E-state index contributed by atoms with van der Waals surface area (Å²) in [5.74, 6) is -0.109. The number of benzene rings is 9. The van der Waals surface area contributed by atoms with Gasteiger partial charge in [0.05, 0.1) is 26.1 Å². The highest BCUT2D eigenvalue weighted by Gasteiger charge is 2.18. The van der Waals surface area contributed by atoms with Crippen molar-refractivity contribution in [3.63, 3.8) is 0 Å². The lowest BCUT2D eigenvalue weighted by molar-refractivity contribution is 0.669. The summed E-state index contributed by atoms with van der Waals surface area (Å²) in [7, 11) is 0. The number of nitrogens with zero attached hydrogens (tertiary/aromatic N) is 3. The highest BCUT2D eigenvalue weighted by Crippen LogP contribution is 2.39. The highest BCUT2D eigenvalue weighted by atomic mass is 16.3. The van der Waals surface area contributed by atoms with Crippen LogP contribution in [0.3, 0.4) is 0 Å². The fraction of sp³-hybridized carbons (Fsp3) is 0. The molecule has 4 nitrogen and oxygen atoms in total. The van der Waals surface area contributed by atoms with Crippen LogP contribution < -0.4 is 0 Å². The van der Waals surface area contributed by atoms with E-state index in [9.17, 15) is 8.22 Å². The largest absolute Gasteiger partial charge is 0.455 e. The highest BCUT2D eigenvalue weighted by molar-refractivity contribution is 6.25. The van der Waals surface area contributed by atoms with Crippen LogP contribution in [0.15, 0.2) is 192 Å². The van der Waals surface area contributed by atoms with Crippen molar-refractivity contribution in [2.75, 3.05) is 0 Å². The molecule has 0 saturated carbocycles. The first-order valence-corrected chi connectivity index (χ1v) is 17.3. The molecule has 9 aromatic carbocycles. The smallest absolute Gasteiger partial charge is 0.167 e. The monoisotopic (exact) mass is 716 g/mol. The minimum atomic E-state index is -0.788. The standard InChI is InChI=1S/C51H31N3O/c1-2-12-32(13-3-1)33-24-26-34(27-25-33)49-52-50(54-51(53-49)45-22-11-21-44-43-20-8-9-23-47(43)55-48(44)45)37-15-10-14-35(30-37)36-28-29-42-40-18-5-4-16-38(40)39-17-6-7-19-41(39)46(42)31-36/h1-31H/i4D,5D,6D,7D,10D,14D,15D,16D,17D,18D,19D,28D,29D,30D,31D. The van der Waals surface area contributed by atoms with Gasteiger partial charge in [0.15, 0.2) is 17.5 Å². The Hall–Kier alpha value is -7.43. The lowest BCUT2D eigenvalue weighted by Gasteiger charge is -2.13. The van der Waals surface area contributed by atoms with E-state index >= 15 is 0 Å². The van der Waals surface area contributed by atoms with Gasteiger partial charge in [-0.3, -0.25) is 0 Å². The van der Waals surface area contributed by atoms with Crippen molar-refractivity contribution in [1.29, 1.82) is 0 Å². The van der Waals surface area contributed by atoms with E-state index in [1.807, 2.05) is 72.8 Å². The lowest BCUT2D eigenvalue weighted by Crippen LogP contribution is -2.00. The maximum atomic E-state index is 9.80. The lowest BCUT2D eigenvalue weighted by atomic mass is 9.92. The summed E-state index contributed by atoms with van der Waals surface area (Å²) in [5, 5.41) is -0.645. The molecule has 4 heteroatoms. The van der Waals surface area contributed by atoms with E-state index in [2.05, 4.69) is 0 Å². The number of hydrogen-bond donors (Lipinski definition) is 0. The predicted molar refractivity (Wildman–Crippen MR) is 227 cm³/mol. The Morgan fingerprint density at radius 3 is 1.67 bits per heavy atom. The van der Waals surface area contributed by atoms with Crippen molar-refractivity contribution < 1.29 is 25.0 Å². The van der Waals surface area contributed by atoms with Crippen LogP contribution in [-0.2, 0) is 0 Å². The van der Waals surface area contributed by atoms with E-state index in [-0.39, 0.29) is 50.0 Å². The van der Waals surface area contributed by atoms with Gasteiger partial charge in [0.1, 0.15) is 11.2 Å². The SMILES string of the molecule is [2H]c1c([2H])c(-c2nc(-c3ccc(-c4ccccc4)cc3)nc(-c3cccc4c3oc3ccccc34)n2)c([2H])c(-c2c([2H])c([2H])c3c4c([2H])c([2H])c([2H])c([2H])c4c4c([2H])c([2H])c([2H])c([2H])c4c3c2[2H])c1[2H]. The summed E-state index contributed by atoms with van der Waals surface area (Å²) in [6.45, 7) is 0. The van der Waals surface area contributed by atoms with Crippen LogP contribution in [0.25, 0.3) is 111 Å². The van der Waals surface area contributed by atoms with Crippen molar-refractivity contribution in [2.24, 2.45) is 0 Å². The molecule has 256 valence electrons. The third kappa shape index (κ3) is 5.26. The minimum Gasteiger partial charge on any atom is -0.455 e. The Labute approximate surface area is 338 Å². The van der Waals surface area contributed by atoms with Gasteiger partial charge in [0.25, 0.3) is 0 Å². The molecular formula is C51H31N3O. The summed E-state index contributed by atoms with van der Waals surface area (Å²) in [4.78, 5) is 14.5. The first-order valence-electron chi connectivity index (χ1n) is 24.8. The molecule has 0 aliphatic rings. The normalized spacial score (nSPS) is 15.5. The topological polar surface area (TPSA) is 51.8 Å². The summed E-state index contributed by atoms with van der Waals surface area (Å²) >= 11 is 0. The van der Waals surface area contributed by atoms with Crippen molar-refractivity contribution in [1.82, 2.24) is 15.0 Å². The van der Waals surface area contributed by atoms with Gasteiger partial charge in [-0.25, -0.2) is 15.0 Å². The molecule has 11 rings (SSSR count). The van der Waals surface area contributed by atoms with Crippen molar-refractivity contribution in [3.8, 4) is 56.4 Å². The number of furan rings is 1. The van der Waals surface area contributed by atoms with E-state index < -0.39 is 107 Å². The fourth-order valence-corrected chi connectivity index (χ4v) is 6.96. The van der Waals surface area contributed by atoms with Gasteiger partial charge in [-0.15, -0.1) is 0 Å². The molecule has 0 aliphatic heterocycles. The molecule has 0 radical (unpaired) electrons. The Morgan fingerprint density at radius 2 is 0.909 bits per heavy atom. The maximum absolute atomic E-state index is 9.80. The van der Waals surface area contributed by atoms with E-state index in [0.29, 0.717) is 22.3 Å². The third-order valence-corrected chi connectivity index (χ3v) is 9.57. The molecule has 2 aromatic heterocycles. The van der Waals surface area contributed by atoms with Crippen LogP contribution >= 0.6 is 0 Å².